The summed E-state index contributed by atoms with van der Waals surface area (Å²) >= 11 is 0. The Balaban J connectivity index is 3.27. The quantitative estimate of drug-likeness (QED) is 0.620. The number of halogens is 2. The number of aliphatic carboxylic acids is 1. The lowest BCUT2D eigenvalue weighted by Gasteiger charge is -2.29. The number of nitro benzene ring substituents is 1. The number of benzene rings is 1. The number of hydrogen-bond donors (Lipinski definition) is 2. The average molecular weight is 288 g/mol. The van der Waals surface area contributed by atoms with Crippen LogP contribution in [0.4, 0.5) is 20.2 Å². The molecule has 0 bridgehead atoms. The summed E-state index contributed by atoms with van der Waals surface area (Å²) in [5.41, 5.74) is -2.95. The molecule has 0 fully saturated rings. The van der Waals surface area contributed by atoms with E-state index < -0.39 is 39.4 Å². The molecule has 110 valence electrons. The first kappa shape index (κ1) is 15.8. The normalized spacial score (nSPS) is 11.2. The van der Waals surface area contributed by atoms with E-state index in [0.717, 1.165) is 0 Å². The zero-order valence-electron chi connectivity index (χ0n) is 10.9. The molecule has 0 atom stereocenters. The first-order chi connectivity index (χ1) is 9.27. The summed E-state index contributed by atoms with van der Waals surface area (Å²) in [5, 5.41) is 22.0. The van der Waals surface area contributed by atoms with Gasteiger partial charge in [0, 0.05) is 0 Å². The summed E-state index contributed by atoms with van der Waals surface area (Å²) in [6.07, 6.45) is 0.184. The van der Waals surface area contributed by atoms with Crippen molar-refractivity contribution in [2.24, 2.45) is 0 Å². The van der Waals surface area contributed by atoms with Crippen LogP contribution in [0.1, 0.15) is 26.7 Å². The number of non-ortho nitro benzene ring substituents is 1. The van der Waals surface area contributed by atoms with Gasteiger partial charge in [-0.2, -0.15) is 0 Å². The molecule has 0 aliphatic rings. The van der Waals surface area contributed by atoms with Crippen LogP contribution in [0.3, 0.4) is 0 Å². The summed E-state index contributed by atoms with van der Waals surface area (Å²) in [6, 6.07) is 1.09. The summed E-state index contributed by atoms with van der Waals surface area (Å²) in [7, 11) is 0. The van der Waals surface area contributed by atoms with Crippen LogP contribution in [-0.4, -0.2) is 21.5 Å². The average Bonchev–Trinajstić information content (AvgIpc) is 2.38. The van der Waals surface area contributed by atoms with Gasteiger partial charge in [0.25, 0.3) is 5.69 Å². The zero-order chi connectivity index (χ0) is 15.5. The SMILES string of the molecule is CCC(CC)(Nc1c(F)cc([N+](=O)[O-])cc1F)C(=O)O. The summed E-state index contributed by atoms with van der Waals surface area (Å²) < 4.78 is 27.5. The van der Waals surface area contributed by atoms with E-state index in [2.05, 4.69) is 5.32 Å². The fourth-order valence-corrected chi connectivity index (χ4v) is 1.81. The van der Waals surface area contributed by atoms with Crippen LogP contribution in [0.25, 0.3) is 0 Å². The van der Waals surface area contributed by atoms with Gasteiger partial charge in [0.15, 0.2) is 11.6 Å². The van der Waals surface area contributed by atoms with Gasteiger partial charge >= 0.3 is 5.97 Å². The van der Waals surface area contributed by atoms with E-state index in [1.165, 1.54) is 0 Å². The Morgan fingerprint density at radius 1 is 1.35 bits per heavy atom. The second kappa shape index (κ2) is 5.81. The number of hydrogen-bond acceptors (Lipinski definition) is 4. The van der Waals surface area contributed by atoms with Crippen LogP contribution < -0.4 is 5.32 Å². The van der Waals surface area contributed by atoms with Gasteiger partial charge in [-0.1, -0.05) is 13.8 Å². The molecule has 0 saturated carbocycles. The van der Waals surface area contributed by atoms with Crippen molar-refractivity contribution in [3.05, 3.63) is 33.9 Å². The molecule has 6 nitrogen and oxygen atoms in total. The standard InChI is InChI=1S/C12H14F2N2O4/c1-3-12(4-2,11(17)18)15-10-8(13)5-7(16(19)20)6-9(10)14/h5-6,15H,3-4H2,1-2H3,(H,17,18). The third-order valence-corrected chi connectivity index (χ3v) is 3.22. The highest BCUT2D eigenvalue weighted by Gasteiger charge is 2.36. The minimum Gasteiger partial charge on any atom is -0.480 e. The number of nitrogens with one attached hydrogen (secondary N) is 1. The van der Waals surface area contributed by atoms with Gasteiger partial charge in [0.1, 0.15) is 11.2 Å². The molecule has 1 aromatic carbocycles. The predicted octanol–water partition coefficient (Wildman–Crippen LogP) is 2.93. The van der Waals surface area contributed by atoms with E-state index in [1.807, 2.05) is 0 Å². The smallest absolute Gasteiger partial charge is 0.329 e. The highest BCUT2D eigenvalue weighted by molar-refractivity contribution is 5.82. The minimum absolute atomic E-state index is 0.0920. The molecule has 8 heteroatoms. The highest BCUT2D eigenvalue weighted by atomic mass is 19.1. The van der Waals surface area contributed by atoms with E-state index in [4.69, 9.17) is 0 Å². The van der Waals surface area contributed by atoms with E-state index >= 15 is 0 Å². The largest absolute Gasteiger partial charge is 0.480 e. The summed E-state index contributed by atoms with van der Waals surface area (Å²) in [5.74, 6) is -3.66. The molecule has 0 radical (unpaired) electrons. The van der Waals surface area contributed by atoms with Crippen LogP contribution in [0.15, 0.2) is 12.1 Å². The third kappa shape index (κ3) is 2.84. The molecule has 1 aromatic rings. The highest BCUT2D eigenvalue weighted by Crippen LogP contribution is 2.30. The molecule has 20 heavy (non-hydrogen) atoms. The summed E-state index contributed by atoms with van der Waals surface area (Å²) in [6.45, 7) is 3.12. The Bertz CT molecular complexity index is 521. The Morgan fingerprint density at radius 2 is 1.80 bits per heavy atom. The first-order valence-electron chi connectivity index (χ1n) is 5.92. The maximum Gasteiger partial charge on any atom is 0.329 e. The van der Waals surface area contributed by atoms with Gasteiger partial charge in [-0.25, -0.2) is 13.6 Å². The predicted molar refractivity (Wildman–Crippen MR) is 67.6 cm³/mol. The van der Waals surface area contributed by atoms with Gasteiger partial charge in [0.2, 0.25) is 0 Å². The van der Waals surface area contributed by atoms with E-state index in [1.54, 1.807) is 13.8 Å². The molecule has 0 amide bonds. The van der Waals surface area contributed by atoms with Crippen molar-refractivity contribution in [3.8, 4) is 0 Å². The van der Waals surface area contributed by atoms with Crippen molar-refractivity contribution in [3.63, 3.8) is 0 Å². The second-order valence-corrected chi connectivity index (χ2v) is 4.26. The number of rotatable bonds is 6. The monoisotopic (exact) mass is 288 g/mol. The third-order valence-electron chi connectivity index (χ3n) is 3.22. The Morgan fingerprint density at radius 3 is 2.10 bits per heavy atom. The van der Waals surface area contributed by atoms with E-state index in [9.17, 15) is 28.8 Å². The lowest BCUT2D eigenvalue weighted by atomic mass is 9.92. The van der Waals surface area contributed by atoms with Crippen LogP contribution in [-0.2, 0) is 4.79 Å². The fraction of sp³-hybridized carbons (Fsp3) is 0.417. The molecule has 0 aliphatic heterocycles. The Kier molecular flexibility index (Phi) is 4.59. The molecular weight excluding hydrogens is 274 g/mol. The van der Waals surface area contributed by atoms with Crippen molar-refractivity contribution in [2.75, 3.05) is 5.32 Å². The van der Waals surface area contributed by atoms with Crippen LogP contribution in [0.2, 0.25) is 0 Å². The number of anilines is 1. The molecule has 0 aromatic heterocycles. The van der Waals surface area contributed by atoms with Crippen molar-refractivity contribution in [1.82, 2.24) is 0 Å². The second-order valence-electron chi connectivity index (χ2n) is 4.26. The van der Waals surface area contributed by atoms with Crippen molar-refractivity contribution in [1.29, 1.82) is 0 Å². The van der Waals surface area contributed by atoms with Crippen LogP contribution in [0.5, 0.6) is 0 Å². The lowest BCUT2D eigenvalue weighted by Crippen LogP contribution is -2.45. The lowest BCUT2D eigenvalue weighted by molar-refractivity contribution is -0.385. The molecule has 1 rings (SSSR count). The molecule has 2 N–H and O–H groups in total. The Hall–Kier alpha value is -2.25. The molecule has 0 heterocycles. The fourth-order valence-electron chi connectivity index (χ4n) is 1.81. The first-order valence-corrected chi connectivity index (χ1v) is 5.92. The molecular formula is C12H14F2N2O4. The number of nitro groups is 1. The maximum absolute atomic E-state index is 13.7. The molecule has 0 saturated heterocycles. The van der Waals surface area contributed by atoms with E-state index in [-0.39, 0.29) is 12.8 Å². The van der Waals surface area contributed by atoms with Gasteiger partial charge in [-0.05, 0) is 12.8 Å². The number of carboxylic acid groups (broad SMARTS) is 1. The number of carbonyl (C=O) groups is 1. The van der Waals surface area contributed by atoms with E-state index in [0.29, 0.717) is 12.1 Å². The van der Waals surface area contributed by atoms with Crippen molar-refractivity contribution in [2.45, 2.75) is 32.2 Å². The van der Waals surface area contributed by atoms with Gasteiger partial charge < -0.3 is 10.4 Å². The van der Waals surface area contributed by atoms with Gasteiger partial charge in [-0.15, -0.1) is 0 Å². The maximum atomic E-state index is 13.7. The zero-order valence-corrected chi connectivity index (χ0v) is 10.9. The van der Waals surface area contributed by atoms with Crippen LogP contribution >= 0.6 is 0 Å². The molecule has 0 unspecified atom stereocenters. The van der Waals surface area contributed by atoms with Crippen molar-refractivity contribution < 1.29 is 23.6 Å². The topological polar surface area (TPSA) is 92.5 Å². The van der Waals surface area contributed by atoms with Gasteiger partial charge in [-0.3, -0.25) is 10.1 Å². The number of carboxylic acids is 1. The Labute approximate surface area is 113 Å². The molecule has 0 aliphatic carbocycles. The van der Waals surface area contributed by atoms with Gasteiger partial charge in [0.05, 0.1) is 17.1 Å². The summed E-state index contributed by atoms with van der Waals surface area (Å²) in [4.78, 5) is 20.8. The minimum atomic E-state index is -1.53. The van der Waals surface area contributed by atoms with Crippen molar-refractivity contribution >= 4 is 17.3 Å². The molecule has 0 spiro atoms. The van der Waals surface area contributed by atoms with Crippen LogP contribution in [0, 0.1) is 21.7 Å². The number of nitrogens with zero attached hydrogens (tertiary/aromatic N) is 1.